The Labute approximate surface area is 182 Å². The summed E-state index contributed by atoms with van der Waals surface area (Å²) in [4.78, 5) is 41.1. The van der Waals surface area contributed by atoms with Crippen LogP contribution in [0.1, 0.15) is 15.9 Å². The third-order valence-corrected chi connectivity index (χ3v) is 6.48. The lowest BCUT2D eigenvalue weighted by atomic mass is 10.0. The molecule has 162 valence electrons. The molecular formula is C22H21F2N3O3S. The molecule has 0 spiro atoms. The van der Waals surface area contributed by atoms with E-state index >= 15 is 0 Å². The van der Waals surface area contributed by atoms with E-state index in [0.717, 1.165) is 23.4 Å². The highest BCUT2D eigenvalue weighted by Gasteiger charge is 2.44. The van der Waals surface area contributed by atoms with Crippen molar-refractivity contribution in [1.29, 1.82) is 0 Å². The van der Waals surface area contributed by atoms with Crippen LogP contribution in [-0.2, 0) is 15.3 Å². The van der Waals surface area contributed by atoms with Crippen LogP contribution in [0.2, 0.25) is 0 Å². The predicted octanol–water partition coefficient (Wildman–Crippen LogP) is 2.05. The quantitative estimate of drug-likeness (QED) is 0.765. The van der Waals surface area contributed by atoms with E-state index in [1.165, 1.54) is 9.80 Å². The standard InChI is InChI=1S/C22H21F2N3O3S/c23-16-8-15(9-17(24)10-16)21(29)26-6-7-27-19(11-26)20(28)25-18(22(27)30)13-31-12-14-4-2-1-3-5-14/h1-5,8-10,18-19H,6-7,11-13H2,(H,25,28)/t18-,19+/m0/s1. The van der Waals surface area contributed by atoms with Gasteiger partial charge in [-0.05, 0) is 17.7 Å². The van der Waals surface area contributed by atoms with E-state index in [0.29, 0.717) is 11.8 Å². The molecule has 2 heterocycles. The van der Waals surface area contributed by atoms with Crippen LogP contribution in [-0.4, -0.2) is 65.0 Å². The molecule has 0 bridgehead atoms. The minimum Gasteiger partial charge on any atom is -0.342 e. The molecule has 2 aliphatic rings. The van der Waals surface area contributed by atoms with Gasteiger partial charge in [-0.1, -0.05) is 30.3 Å². The van der Waals surface area contributed by atoms with Gasteiger partial charge in [0.05, 0.1) is 6.54 Å². The Morgan fingerprint density at radius 3 is 2.48 bits per heavy atom. The Balaban J connectivity index is 1.37. The number of nitrogens with one attached hydrogen (secondary N) is 1. The molecule has 0 aliphatic carbocycles. The summed E-state index contributed by atoms with van der Waals surface area (Å²) in [5.41, 5.74) is 1.02. The largest absolute Gasteiger partial charge is 0.342 e. The zero-order valence-electron chi connectivity index (χ0n) is 16.6. The van der Waals surface area contributed by atoms with Gasteiger partial charge in [-0.15, -0.1) is 0 Å². The fourth-order valence-electron chi connectivity index (χ4n) is 3.83. The molecule has 2 aromatic rings. The van der Waals surface area contributed by atoms with Gasteiger partial charge in [0.1, 0.15) is 23.7 Å². The molecule has 31 heavy (non-hydrogen) atoms. The first kappa shape index (κ1) is 21.3. The lowest BCUT2D eigenvalue weighted by Crippen LogP contribution is -2.70. The molecule has 2 saturated heterocycles. The molecule has 1 N–H and O–H groups in total. The smallest absolute Gasteiger partial charge is 0.254 e. The molecule has 2 aliphatic heterocycles. The van der Waals surface area contributed by atoms with Crippen LogP contribution in [0.3, 0.4) is 0 Å². The average molecular weight is 445 g/mol. The number of carbonyl (C=O) groups excluding carboxylic acids is 3. The number of hydrogen-bond acceptors (Lipinski definition) is 4. The zero-order valence-corrected chi connectivity index (χ0v) is 17.4. The second-order valence-electron chi connectivity index (χ2n) is 7.52. The summed E-state index contributed by atoms with van der Waals surface area (Å²) in [7, 11) is 0. The molecular weight excluding hydrogens is 424 g/mol. The molecule has 4 rings (SSSR count). The molecule has 0 radical (unpaired) electrons. The SMILES string of the molecule is O=C1N[C@@H](CSCc2ccccc2)C(=O)N2CCN(C(=O)c3cc(F)cc(F)c3)C[C@H]12. The molecule has 0 unspecified atom stereocenters. The van der Waals surface area contributed by atoms with Crippen molar-refractivity contribution in [2.75, 3.05) is 25.4 Å². The number of carbonyl (C=O) groups is 3. The predicted molar refractivity (Wildman–Crippen MR) is 112 cm³/mol. The fourth-order valence-corrected chi connectivity index (χ4v) is 4.83. The lowest BCUT2D eigenvalue weighted by Gasteiger charge is -2.45. The number of thioether (sulfide) groups is 1. The van der Waals surface area contributed by atoms with Crippen LogP contribution >= 0.6 is 11.8 Å². The Morgan fingerprint density at radius 2 is 1.77 bits per heavy atom. The highest BCUT2D eigenvalue weighted by Crippen LogP contribution is 2.21. The van der Waals surface area contributed by atoms with Gasteiger partial charge in [-0.25, -0.2) is 8.78 Å². The molecule has 2 atom stereocenters. The summed E-state index contributed by atoms with van der Waals surface area (Å²) in [6, 6.07) is 11.0. The van der Waals surface area contributed by atoms with Crippen LogP contribution in [0.15, 0.2) is 48.5 Å². The van der Waals surface area contributed by atoms with E-state index in [2.05, 4.69) is 5.32 Å². The minimum atomic E-state index is -0.844. The summed E-state index contributed by atoms with van der Waals surface area (Å²) < 4.78 is 26.9. The first-order valence-electron chi connectivity index (χ1n) is 9.90. The molecule has 2 fully saturated rings. The first-order chi connectivity index (χ1) is 14.9. The van der Waals surface area contributed by atoms with Crippen molar-refractivity contribution in [3.8, 4) is 0 Å². The molecule has 0 aromatic heterocycles. The van der Waals surface area contributed by atoms with E-state index < -0.39 is 29.6 Å². The second kappa shape index (κ2) is 9.05. The van der Waals surface area contributed by atoms with Crippen molar-refractivity contribution >= 4 is 29.5 Å². The third kappa shape index (κ3) is 4.71. The van der Waals surface area contributed by atoms with Crippen LogP contribution in [0.5, 0.6) is 0 Å². The van der Waals surface area contributed by atoms with Crippen LogP contribution < -0.4 is 5.32 Å². The summed E-state index contributed by atoms with van der Waals surface area (Å²) in [6.45, 7) is 0.370. The topological polar surface area (TPSA) is 69.7 Å². The molecule has 6 nitrogen and oxygen atoms in total. The van der Waals surface area contributed by atoms with Crippen molar-refractivity contribution in [1.82, 2.24) is 15.1 Å². The van der Waals surface area contributed by atoms with Crippen molar-refractivity contribution in [2.24, 2.45) is 0 Å². The third-order valence-electron chi connectivity index (χ3n) is 5.37. The number of nitrogens with zero attached hydrogens (tertiary/aromatic N) is 2. The lowest BCUT2D eigenvalue weighted by molar-refractivity contribution is -0.151. The van der Waals surface area contributed by atoms with Gasteiger partial charge in [0.25, 0.3) is 5.91 Å². The first-order valence-corrected chi connectivity index (χ1v) is 11.1. The van der Waals surface area contributed by atoms with Gasteiger partial charge >= 0.3 is 0 Å². The van der Waals surface area contributed by atoms with Gasteiger partial charge < -0.3 is 15.1 Å². The molecule has 2 aromatic carbocycles. The van der Waals surface area contributed by atoms with Crippen molar-refractivity contribution in [2.45, 2.75) is 17.8 Å². The summed E-state index contributed by atoms with van der Waals surface area (Å²) in [6.07, 6.45) is 0. The Morgan fingerprint density at radius 1 is 1.06 bits per heavy atom. The number of piperazine rings is 2. The normalized spacial score (nSPS) is 21.0. The van der Waals surface area contributed by atoms with Crippen molar-refractivity contribution in [3.05, 3.63) is 71.3 Å². The maximum atomic E-state index is 13.5. The van der Waals surface area contributed by atoms with Gasteiger partial charge in [0, 0.05) is 36.2 Å². The highest BCUT2D eigenvalue weighted by molar-refractivity contribution is 7.98. The van der Waals surface area contributed by atoms with Crippen LogP contribution in [0.25, 0.3) is 0 Å². The number of rotatable bonds is 5. The van der Waals surface area contributed by atoms with E-state index in [4.69, 9.17) is 0 Å². The zero-order chi connectivity index (χ0) is 22.0. The van der Waals surface area contributed by atoms with Gasteiger partial charge in [-0.3, -0.25) is 14.4 Å². The maximum absolute atomic E-state index is 13.5. The Bertz CT molecular complexity index is 985. The average Bonchev–Trinajstić information content (AvgIpc) is 2.76. The summed E-state index contributed by atoms with van der Waals surface area (Å²) in [5, 5.41) is 2.76. The molecule has 0 saturated carbocycles. The van der Waals surface area contributed by atoms with Gasteiger partial charge in [0.15, 0.2) is 0 Å². The van der Waals surface area contributed by atoms with Crippen LogP contribution in [0, 0.1) is 11.6 Å². The monoisotopic (exact) mass is 445 g/mol. The van der Waals surface area contributed by atoms with Gasteiger partial charge in [0.2, 0.25) is 11.8 Å². The number of hydrogen-bond donors (Lipinski definition) is 1. The fraction of sp³-hybridized carbons (Fsp3) is 0.318. The van der Waals surface area contributed by atoms with E-state index in [1.807, 2.05) is 30.3 Å². The second-order valence-corrected chi connectivity index (χ2v) is 8.55. The summed E-state index contributed by atoms with van der Waals surface area (Å²) in [5.74, 6) is -1.57. The van der Waals surface area contributed by atoms with Crippen molar-refractivity contribution < 1.29 is 23.2 Å². The van der Waals surface area contributed by atoms with E-state index in [-0.39, 0.29) is 37.0 Å². The number of benzene rings is 2. The number of amides is 3. The summed E-state index contributed by atoms with van der Waals surface area (Å²) >= 11 is 1.57. The maximum Gasteiger partial charge on any atom is 0.254 e. The van der Waals surface area contributed by atoms with E-state index in [9.17, 15) is 23.2 Å². The molecule has 9 heteroatoms. The van der Waals surface area contributed by atoms with Crippen molar-refractivity contribution in [3.63, 3.8) is 0 Å². The molecule has 3 amide bonds. The van der Waals surface area contributed by atoms with Gasteiger partial charge in [-0.2, -0.15) is 11.8 Å². The highest BCUT2D eigenvalue weighted by atomic mass is 32.2. The van der Waals surface area contributed by atoms with Crippen LogP contribution in [0.4, 0.5) is 8.78 Å². The number of fused-ring (bicyclic) bond motifs is 1. The Kier molecular flexibility index (Phi) is 6.22. The van der Waals surface area contributed by atoms with E-state index in [1.54, 1.807) is 11.8 Å². The Hall–Kier alpha value is -2.94. The number of halogens is 2. The minimum absolute atomic E-state index is 0.0155.